The number of hydrogen-bond acceptors (Lipinski definition) is 4. The SMILES string of the molecule is CSc1ccc(/C=N\NC(=O)[C@@H](C)Sc2ccc(C)cc2)cc1. The summed E-state index contributed by atoms with van der Waals surface area (Å²) in [7, 11) is 0. The van der Waals surface area contributed by atoms with Gasteiger partial charge in [0.05, 0.1) is 11.5 Å². The summed E-state index contributed by atoms with van der Waals surface area (Å²) >= 11 is 3.22. The maximum Gasteiger partial charge on any atom is 0.253 e. The second-order valence-electron chi connectivity index (χ2n) is 5.08. The van der Waals surface area contributed by atoms with Gasteiger partial charge in [-0.3, -0.25) is 4.79 Å². The van der Waals surface area contributed by atoms with Crippen LogP contribution in [-0.2, 0) is 4.79 Å². The molecule has 0 radical (unpaired) electrons. The average molecular weight is 345 g/mol. The molecule has 0 aliphatic heterocycles. The molecular weight excluding hydrogens is 324 g/mol. The lowest BCUT2D eigenvalue weighted by Gasteiger charge is -2.09. The van der Waals surface area contributed by atoms with E-state index in [0.717, 1.165) is 10.5 Å². The summed E-state index contributed by atoms with van der Waals surface area (Å²) in [6.45, 7) is 3.92. The van der Waals surface area contributed by atoms with Crippen LogP contribution in [-0.4, -0.2) is 23.6 Å². The molecule has 0 aliphatic rings. The number of thioether (sulfide) groups is 2. The summed E-state index contributed by atoms with van der Waals surface area (Å²) in [5, 5.41) is 3.83. The van der Waals surface area contributed by atoms with Crippen molar-refractivity contribution >= 4 is 35.6 Å². The normalized spacial score (nSPS) is 12.3. The Hall–Kier alpha value is -1.72. The molecule has 120 valence electrons. The summed E-state index contributed by atoms with van der Waals surface area (Å²) in [5.74, 6) is -0.104. The number of carbonyl (C=O) groups is 1. The summed E-state index contributed by atoms with van der Waals surface area (Å²) in [4.78, 5) is 14.3. The predicted molar refractivity (Wildman–Crippen MR) is 100 cm³/mol. The molecule has 0 heterocycles. The van der Waals surface area contributed by atoms with Crippen LogP contribution in [0.2, 0.25) is 0 Å². The number of hydrogen-bond donors (Lipinski definition) is 1. The van der Waals surface area contributed by atoms with Crippen molar-refractivity contribution in [1.82, 2.24) is 5.43 Å². The monoisotopic (exact) mass is 344 g/mol. The maximum atomic E-state index is 12.1. The zero-order valence-electron chi connectivity index (χ0n) is 13.4. The number of aryl methyl sites for hydroxylation is 1. The topological polar surface area (TPSA) is 41.5 Å². The molecule has 1 atom stereocenters. The number of benzene rings is 2. The predicted octanol–water partition coefficient (Wildman–Crippen LogP) is 4.35. The Morgan fingerprint density at radius 3 is 2.30 bits per heavy atom. The molecule has 0 saturated carbocycles. The molecule has 0 saturated heterocycles. The lowest BCUT2D eigenvalue weighted by atomic mass is 10.2. The smallest absolute Gasteiger partial charge is 0.253 e. The van der Waals surface area contributed by atoms with E-state index in [9.17, 15) is 4.79 Å². The van der Waals surface area contributed by atoms with Gasteiger partial charge in [0.1, 0.15) is 0 Å². The first kappa shape index (κ1) is 17.6. The van der Waals surface area contributed by atoms with Crippen LogP contribution in [0.3, 0.4) is 0 Å². The van der Waals surface area contributed by atoms with Gasteiger partial charge in [0.25, 0.3) is 5.91 Å². The van der Waals surface area contributed by atoms with Crippen LogP contribution in [0.4, 0.5) is 0 Å². The summed E-state index contributed by atoms with van der Waals surface area (Å²) < 4.78 is 0. The quantitative estimate of drug-likeness (QED) is 0.481. The molecule has 23 heavy (non-hydrogen) atoms. The minimum atomic E-state index is -0.200. The fourth-order valence-electron chi connectivity index (χ4n) is 1.83. The Morgan fingerprint density at radius 1 is 1.09 bits per heavy atom. The lowest BCUT2D eigenvalue weighted by Crippen LogP contribution is -2.26. The number of nitrogens with zero attached hydrogens (tertiary/aromatic N) is 1. The van der Waals surface area contributed by atoms with Crippen molar-refractivity contribution in [2.45, 2.75) is 28.9 Å². The van der Waals surface area contributed by atoms with Gasteiger partial charge in [-0.1, -0.05) is 29.8 Å². The Bertz CT molecular complexity index is 666. The highest BCUT2D eigenvalue weighted by atomic mass is 32.2. The van der Waals surface area contributed by atoms with Crippen molar-refractivity contribution in [3.8, 4) is 0 Å². The summed E-state index contributed by atoms with van der Waals surface area (Å²) in [6, 6.07) is 16.2. The zero-order valence-corrected chi connectivity index (χ0v) is 15.1. The molecule has 1 amide bonds. The molecule has 3 nitrogen and oxygen atoms in total. The number of nitrogens with one attached hydrogen (secondary N) is 1. The van der Waals surface area contributed by atoms with Crippen LogP contribution in [0.25, 0.3) is 0 Å². The fraction of sp³-hybridized carbons (Fsp3) is 0.222. The molecule has 2 aromatic carbocycles. The second-order valence-corrected chi connectivity index (χ2v) is 7.37. The highest BCUT2D eigenvalue weighted by Gasteiger charge is 2.13. The average Bonchev–Trinajstić information content (AvgIpc) is 2.57. The molecular formula is C18H20N2OS2. The molecule has 2 rings (SSSR count). The summed E-state index contributed by atoms with van der Waals surface area (Å²) in [5.41, 5.74) is 4.77. The Morgan fingerprint density at radius 2 is 1.70 bits per heavy atom. The van der Waals surface area contributed by atoms with E-state index in [2.05, 4.69) is 10.5 Å². The molecule has 1 N–H and O–H groups in total. The van der Waals surface area contributed by atoms with E-state index < -0.39 is 0 Å². The van der Waals surface area contributed by atoms with Crippen molar-refractivity contribution < 1.29 is 4.79 Å². The largest absolute Gasteiger partial charge is 0.272 e. The van der Waals surface area contributed by atoms with E-state index in [1.54, 1.807) is 18.0 Å². The summed E-state index contributed by atoms with van der Waals surface area (Å²) in [6.07, 6.45) is 3.70. The maximum absolute atomic E-state index is 12.1. The Kier molecular flexibility index (Phi) is 6.74. The third-order valence-corrected chi connectivity index (χ3v) is 5.06. The van der Waals surface area contributed by atoms with E-state index >= 15 is 0 Å². The first-order valence-electron chi connectivity index (χ1n) is 7.29. The standard InChI is InChI=1S/C18H20N2OS2/c1-13-4-8-17(9-5-13)23-14(2)18(21)20-19-12-15-6-10-16(22-3)11-7-15/h4-12,14H,1-3H3,(H,20,21)/b19-12-/t14-/m1/s1. The Balaban J connectivity index is 1.85. The lowest BCUT2D eigenvalue weighted by molar-refractivity contribution is -0.120. The number of carbonyl (C=O) groups excluding carboxylic acids is 1. The highest BCUT2D eigenvalue weighted by molar-refractivity contribution is 8.00. The van der Waals surface area contributed by atoms with Crippen LogP contribution < -0.4 is 5.43 Å². The van der Waals surface area contributed by atoms with E-state index in [4.69, 9.17) is 0 Å². The van der Waals surface area contributed by atoms with E-state index in [1.165, 1.54) is 22.2 Å². The van der Waals surface area contributed by atoms with Crippen LogP contribution in [0, 0.1) is 6.92 Å². The van der Waals surface area contributed by atoms with E-state index in [0.29, 0.717) is 0 Å². The van der Waals surface area contributed by atoms with Crippen LogP contribution in [0.15, 0.2) is 63.4 Å². The van der Waals surface area contributed by atoms with Crippen molar-refractivity contribution in [3.63, 3.8) is 0 Å². The van der Waals surface area contributed by atoms with Gasteiger partial charge < -0.3 is 0 Å². The molecule has 0 fully saturated rings. The van der Waals surface area contributed by atoms with Gasteiger partial charge in [-0.25, -0.2) is 5.43 Å². The zero-order chi connectivity index (χ0) is 16.7. The highest BCUT2D eigenvalue weighted by Crippen LogP contribution is 2.23. The Labute approximate surface area is 146 Å². The van der Waals surface area contributed by atoms with Gasteiger partial charge in [0.15, 0.2) is 0 Å². The van der Waals surface area contributed by atoms with Crippen LogP contribution in [0.1, 0.15) is 18.1 Å². The van der Waals surface area contributed by atoms with Crippen molar-refractivity contribution in [1.29, 1.82) is 0 Å². The third-order valence-electron chi connectivity index (χ3n) is 3.21. The fourth-order valence-corrected chi connectivity index (χ4v) is 3.10. The molecule has 5 heteroatoms. The number of amides is 1. The molecule has 0 aromatic heterocycles. The number of rotatable bonds is 6. The van der Waals surface area contributed by atoms with E-state index in [1.807, 2.05) is 68.6 Å². The molecule has 0 bridgehead atoms. The minimum absolute atomic E-state index is 0.104. The second kappa shape index (κ2) is 8.79. The molecule has 0 unspecified atom stereocenters. The van der Waals surface area contributed by atoms with Crippen molar-refractivity contribution in [2.75, 3.05) is 6.26 Å². The van der Waals surface area contributed by atoms with Gasteiger partial charge in [0, 0.05) is 9.79 Å². The van der Waals surface area contributed by atoms with E-state index in [-0.39, 0.29) is 11.2 Å². The van der Waals surface area contributed by atoms with Crippen molar-refractivity contribution in [3.05, 3.63) is 59.7 Å². The first-order chi connectivity index (χ1) is 11.1. The van der Waals surface area contributed by atoms with Gasteiger partial charge in [-0.2, -0.15) is 5.10 Å². The van der Waals surface area contributed by atoms with Crippen molar-refractivity contribution in [2.24, 2.45) is 5.10 Å². The first-order valence-corrected chi connectivity index (χ1v) is 9.39. The van der Waals surface area contributed by atoms with Crippen LogP contribution in [0.5, 0.6) is 0 Å². The molecule has 0 spiro atoms. The third kappa shape index (κ3) is 5.77. The molecule has 0 aliphatic carbocycles. The van der Waals surface area contributed by atoms with Crippen LogP contribution >= 0.6 is 23.5 Å². The van der Waals surface area contributed by atoms with Gasteiger partial charge >= 0.3 is 0 Å². The minimum Gasteiger partial charge on any atom is -0.272 e. The molecule has 2 aromatic rings. The van der Waals surface area contributed by atoms with Gasteiger partial charge in [-0.05, 0) is 49.9 Å². The van der Waals surface area contributed by atoms with Gasteiger partial charge in [0.2, 0.25) is 0 Å². The van der Waals surface area contributed by atoms with Gasteiger partial charge in [-0.15, -0.1) is 23.5 Å². The number of hydrazone groups is 1.